The van der Waals surface area contributed by atoms with Gasteiger partial charge in [0.25, 0.3) is 0 Å². The van der Waals surface area contributed by atoms with E-state index >= 15 is 0 Å². The van der Waals surface area contributed by atoms with Crippen molar-refractivity contribution in [2.45, 2.75) is 20.1 Å². The zero-order valence-electron chi connectivity index (χ0n) is 12.3. The first-order chi connectivity index (χ1) is 10.2. The second kappa shape index (κ2) is 7.81. The summed E-state index contributed by atoms with van der Waals surface area (Å²) in [5, 5.41) is 0. The van der Waals surface area contributed by atoms with Crippen LogP contribution in [0.5, 0.6) is 0 Å². The van der Waals surface area contributed by atoms with Gasteiger partial charge >= 0.3 is 5.97 Å². The number of carbonyl (C=O) groups excluding carboxylic acids is 1. The lowest BCUT2D eigenvalue weighted by molar-refractivity contribution is -0.142. The molecule has 5 nitrogen and oxygen atoms in total. The number of esters is 1. The van der Waals surface area contributed by atoms with Crippen molar-refractivity contribution in [2.75, 3.05) is 26.4 Å². The molecule has 21 heavy (non-hydrogen) atoms. The third-order valence-corrected chi connectivity index (χ3v) is 2.88. The van der Waals surface area contributed by atoms with E-state index < -0.39 is 5.97 Å². The molecular formula is C16H20O5. The first kappa shape index (κ1) is 15.5. The SMILES string of the molecule is CCOC(=O)/C(=C/c1cccc(C2OCCO2)c1)OCC. The number of rotatable bonds is 6. The highest BCUT2D eigenvalue weighted by molar-refractivity contribution is 5.91. The second-order valence-electron chi connectivity index (χ2n) is 4.41. The van der Waals surface area contributed by atoms with Crippen LogP contribution in [-0.4, -0.2) is 32.4 Å². The van der Waals surface area contributed by atoms with Crippen LogP contribution in [0.15, 0.2) is 30.0 Å². The molecule has 0 saturated carbocycles. The maximum absolute atomic E-state index is 11.8. The quantitative estimate of drug-likeness (QED) is 0.458. The summed E-state index contributed by atoms with van der Waals surface area (Å²) in [4.78, 5) is 11.8. The molecule has 0 unspecified atom stereocenters. The van der Waals surface area contributed by atoms with Gasteiger partial charge in [0.15, 0.2) is 6.29 Å². The van der Waals surface area contributed by atoms with Crippen molar-refractivity contribution >= 4 is 12.0 Å². The molecule has 0 bridgehead atoms. The summed E-state index contributed by atoms with van der Waals surface area (Å²) < 4.78 is 21.3. The van der Waals surface area contributed by atoms with E-state index in [4.69, 9.17) is 18.9 Å². The summed E-state index contributed by atoms with van der Waals surface area (Å²) in [7, 11) is 0. The average molecular weight is 292 g/mol. The Hall–Kier alpha value is -1.85. The monoisotopic (exact) mass is 292 g/mol. The predicted octanol–water partition coefficient (Wildman–Crippen LogP) is 2.67. The van der Waals surface area contributed by atoms with Gasteiger partial charge in [0.1, 0.15) is 0 Å². The number of carbonyl (C=O) groups is 1. The molecule has 0 atom stereocenters. The van der Waals surface area contributed by atoms with Crippen LogP contribution in [0.2, 0.25) is 0 Å². The molecule has 0 aliphatic carbocycles. The molecule has 0 amide bonds. The fourth-order valence-corrected chi connectivity index (χ4v) is 2.01. The van der Waals surface area contributed by atoms with Crippen LogP contribution >= 0.6 is 0 Å². The van der Waals surface area contributed by atoms with E-state index in [1.54, 1.807) is 13.0 Å². The highest BCUT2D eigenvalue weighted by atomic mass is 16.7. The van der Waals surface area contributed by atoms with Crippen molar-refractivity contribution in [1.82, 2.24) is 0 Å². The lowest BCUT2D eigenvalue weighted by Gasteiger charge is -2.11. The zero-order chi connectivity index (χ0) is 15.1. The van der Waals surface area contributed by atoms with Crippen molar-refractivity contribution in [3.05, 3.63) is 41.2 Å². The van der Waals surface area contributed by atoms with Crippen LogP contribution in [-0.2, 0) is 23.7 Å². The third-order valence-electron chi connectivity index (χ3n) is 2.88. The van der Waals surface area contributed by atoms with Gasteiger partial charge in [-0.2, -0.15) is 0 Å². The topological polar surface area (TPSA) is 54.0 Å². The molecule has 1 fully saturated rings. The van der Waals surface area contributed by atoms with Crippen LogP contribution < -0.4 is 0 Å². The minimum Gasteiger partial charge on any atom is -0.487 e. The summed E-state index contributed by atoms with van der Waals surface area (Å²) >= 11 is 0. The maximum atomic E-state index is 11.8. The molecular weight excluding hydrogens is 272 g/mol. The summed E-state index contributed by atoms with van der Waals surface area (Å²) in [6.45, 7) is 5.49. The lowest BCUT2D eigenvalue weighted by atomic mass is 10.1. The normalized spacial score (nSPS) is 16.0. The smallest absolute Gasteiger partial charge is 0.373 e. The molecule has 5 heteroatoms. The van der Waals surface area contributed by atoms with Gasteiger partial charge in [0, 0.05) is 5.56 Å². The van der Waals surface area contributed by atoms with Crippen molar-refractivity contribution in [3.8, 4) is 0 Å². The van der Waals surface area contributed by atoms with E-state index in [2.05, 4.69) is 0 Å². The molecule has 0 N–H and O–H groups in total. The highest BCUT2D eigenvalue weighted by Crippen LogP contribution is 2.24. The Morgan fingerprint density at radius 3 is 2.62 bits per heavy atom. The summed E-state index contributed by atoms with van der Waals surface area (Å²) in [5.74, 6) is -0.261. The largest absolute Gasteiger partial charge is 0.487 e. The molecule has 114 valence electrons. The molecule has 1 aromatic carbocycles. The van der Waals surface area contributed by atoms with Crippen LogP contribution in [0.25, 0.3) is 6.08 Å². The van der Waals surface area contributed by atoms with Gasteiger partial charge < -0.3 is 18.9 Å². The van der Waals surface area contributed by atoms with E-state index in [0.29, 0.717) is 26.4 Å². The molecule has 0 aromatic heterocycles. The van der Waals surface area contributed by atoms with Crippen molar-refractivity contribution in [1.29, 1.82) is 0 Å². The second-order valence-corrected chi connectivity index (χ2v) is 4.41. The zero-order valence-corrected chi connectivity index (χ0v) is 12.3. The molecule has 0 spiro atoms. The Bertz CT molecular complexity index is 503. The molecule has 0 radical (unpaired) electrons. The Kier molecular flexibility index (Phi) is 5.78. The van der Waals surface area contributed by atoms with Gasteiger partial charge in [0.05, 0.1) is 26.4 Å². The first-order valence-corrected chi connectivity index (χ1v) is 7.09. The van der Waals surface area contributed by atoms with E-state index in [1.807, 2.05) is 31.2 Å². The lowest BCUT2D eigenvalue weighted by Crippen LogP contribution is -2.10. The van der Waals surface area contributed by atoms with Crippen LogP contribution in [0.1, 0.15) is 31.3 Å². The standard InChI is InChI=1S/C16H20O5/c1-3-18-14(15(17)19-4-2)11-12-6-5-7-13(10-12)16-20-8-9-21-16/h5-7,10-11,16H,3-4,8-9H2,1-2H3/b14-11-. The fraction of sp³-hybridized carbons (Fsp3) is 0.438. The van der Waals surface area contributed by atoms with Crippen molar-refractivity contribution in [3.63, 3.8) is 0 Å². The Morgan fingerprint density at radius 1 is 1.24 bits per heavy atom. The number of hydrogen-bond donors (Lipinski definition) is 0. The van der Waals surface area contributed by atoms with Gasteiger partial charge in [0.2, 0.25) is 5.76 Å². The number of hydrogen-bond acceptors (Lipinski definition) is 5. The van der Waals surface area contributed by atoms with E-state index in [-0.39, 0.29) is 12.0 Å². The Balaban J connectivity index is 2.19. The first-order valence-electron chi connectivity index (χ1n) is 7.09. The Morgan fingerprint density at radius 2 is 1.95 bits per heavy atom. The minimum atomic E-state index is -0.460. The number of ether oxygens (including phenoxy) is 4. The molecule has 1 saturated heterocycles. The van der Waals surface area contributed by atoms with E-state index in [9.17, 15) is 4.79 Å². The Labute approximate surface area is 124 Å². The molecule has 1 aliphatic heterocycles. The third kappa shape index (κ3) is 4.31. The van der Waals surface area contributed by atoms with Crippen LogP contribution in [0.4, 0.5) is 0 Å². The summed E-state index contributed by atoms with van der Waals surface area (Å²) in [6.07, 6.45) is 1.33. The predicted molar refractivity (Wildman–Crippen MR) is 77.3 cm³/mol. The van der Waals surface area contributed by atoms with Crippen molar-refractivity contribution in [2.24, 2.45) is 0 Å². The minimum absolute atomic E-state index is 0.199. The van der Waals surface area contributed by atoms with Crippen LogP contribution in [0, 0.1) is 0 Å². The van der Waals surface area contributed by atoms with Gasteiger partial charge in [-0.3, -0.25) is 0 Å². The van der Waals surface area contributed by atoms with Gasteiger partial charge in [-0.25, -0.2) is 4.79 Å². The summed E-state index contributed by atoms with van der Waals surface area (Å²) in [5.41, 5.74) is 1.75. The fourth-order valence-electron chi connectivity index (χ4n) is 2.01. The van der Waals surface area contributed by atoms with Gasteiger partial charge in [-0.1, -0.05) is 18.2 Å². The van der Waals surface area contributed by atoms with Gasteiger partial charge in [-0.05, 0) is 31.6 Å². The molecule has 1 aromatic rings. The van der Waals surface area contributed by atoms with Crippen molar-refractivity contribution < 1.29 is 23.7 Å². The molecule has 1 heterocycles. The van der Waals surface area contributed by atoms with Gasteiger partial charge in [-0.15, -0.1) is 0 Å². The highest BCUT2D eigenvalue weighted by Gasteiger charge is 2.18. The van der Waals surface area contributed by atoms with Crippen LogP contribution in [0.3, 0.4) is 0 Å². The maximum Gasteiger partial charge on any atom is 0.373 e. The molecule has 2 rings (SSSR count). The summed E-state index contributed by atoms with van der Waals surface area (Å²) in [6, 6.07) is 7.61. The average Bonchev–Trinajstić information content (AvgIpc) is 3.02. The molecule has 1 aliphatic rings. The number of benzene rings is 1. The van der Waals surface area contributed by atoms with E-state index in [1.165, 1.54) is 0 Å². The van der Waals surface area contributed by atoms with E-state index in [0.717, 1.165) is 11.1 Å².